The van der Waals surface area contributed by atoms with E-state index >= 15 is 0 Å². The molecule has 3 N–H and O–H groups in total. The highest BCUT2D eigenvalue weighted by atomic mass is 32.2. The zero-order valence-electron chi connectivity index (χ0n) is 17.6. The molecule has 0 bridgehead atoms. The summed E-state index contributed by atoms with van der Waals surface area (Å²) in [5, 5.41) is 11.7. The van der Waals surface area contributed by atoms with Crippen molar-refractivity contribution in [2.24, 2.45) is 0 Å². The first-order valence-electron chi connectivity index (χ1n) is 10.1. The molecule has 0 unspecified atom stereocenters. The number of anilines is 1. The van der Waals surface area contributed by atoms with E-state index in [4.69, 9.17) is 5.11 Å². The Morgan fingerprint density at radius 1 is 1.00 bits per heavy atom. The average Bonchev–Trinajstić information content (AvgIpc) is 2.74. The normalized spacial score (nSPS) is 10.9. The van der Waals surface area contributed by atoms with Gasteiger partial charge < -0.3 is 20.0 Å². The number of benzene rings is 2. The van der Waals surface area contributed by atoms with Gasteiger partial charge in [-0.3, -0.25) is 4.79 Å². The topological polar surface area (TPSA) is 81.7 Å². The van der Waals surface area contributed by atoms with Gasteiger partial charge in [0, 0.05) is 29.6 Å². The number of carboxylic acid groups (broad SMARTS) is 1. The molecule has 2 rings (SSSR count). The number of hydrogen-bond acceptors (Lipinski definition) is 5. The smallest absolute Gasteiger partial charge is 0.338 e. The Balaban J connectivity index is 1.88. The zero-order chi connectivity index (χ0) is 22.8. The van der Waals surface area contributed by atoms with E-state index in [-0.39, 0.29) is 11.6 Å². The molecule has 168 valence electrons. The minimum Gasteiger partial charge on any atom is -0.478 e. The van der Waals surface area contributed by atoms with E-state index in [1.807, 2.05) is 0 Å². The molecule has 2 aromatic carbocycles. The van der Waals surface area contributed by atoms with Crippen LogP contribution in [-0.2, 0) is 0 Å². The van der Waals surface area contributed by atoms with Gasteiger partial charge in [0.05, 0.1) is 11.3 Å². The van der Waals surface area contributed by atoms with Crippen LogP contribution >= 0.6 is 11.9 Å². The SMILES string of the molecule is CCCN(CCC)CCNC(=O)c1ccc(SNc2cc(F)c(C(=O)O)cc2F)cc1. The van der Waals surface area contributed by atoms with Crippen LogP contribution in [-0.4, -0.2) is 48.1 Å². The molecule has 1 amide bonds. The molecule has 0 radical (unpaired) electrons. The van der Waals surface area contributed by atoms with Crippen molar-refractivity contribution in [3.05, 3.63) is 59.2 Å². The van der Waals surface area contributed by atoms with Crippen molar-refractivity contribution in [2.75, 3.05) is 30.9 Å². The summed E-state index contributed by atoms with van der Waals surface area (Å²) >= 11 is 1.02. The maximum atomic E-state index is 14.0. The monoisotopic (exact) mass is 451 g/mol. The van der Waals surface area contributed by atoms with Gasteiger partial charge in [0.15, 0.2) is 0 Å². The molecular formula is C22H27F2N3O3S. The van der Waals surface area contributed by atoms with Gasteiger partial charge in [-0.2, -0.15) is 0 Å². The van der Waals surface area contributed by atoms with Crippen molar-refractivity contribution in [3.8, 4) is 0 Å². The Kier molecular flexibility index (Phi) is 9.74. The summed E-state index contributed by atoms with van der Waals surface area (Å²) in [4.78, 5) is 26.1. The number of carbonyl (C=O) groups excluding carboxylic acids is 1. The van der Waals surface area contributed by atoms with Crippen molar-refractivity contribution in [3.63, 3.8) is 0 Å². The maximum Gasteiger partial charge on any atom is 0.338 e. The Morgan fingerprint density at radius 2 is 1.65 bits per heavy atom. The average molecular weight is 452 g/mol. The van der Waals surface area contributed by atoms with E-state index in [9.17, 15) is 18.4 Å². The van der Waals surface area contributed by atoms with Gasteiger partial charge in [0.2, 0.25) is 0 Å². The fourth-order valence-electron chi connectivity index (χ4n) is 2.97. The fraction of sp³-hybridized carbons (Fsp3) is 0.364. The van der Waals surface area contributed by atoms with Crippen LogP contribution in [0.1, 0.15) is 47.4 Å². The van der Waals surface area contributed by atoms with E-state index in [1.54, 1.807) is 24.3 Å². The van der Waals surface area contributed by atoms with Gasteiger partial charge in [-0.25, -0.2) is 13.6 Å². The zero-order valence-corrected chi connectivity index (χ0v) is 18.4. The van der Waals surface area contributed by atoms with Crippen LogP contribution in [0.25, 0.3) is 0 Å². The van der Waals surface area contributed by atoms with E-state index in [0.29, 0.717) is 23.1 Å². The Hall–Kier alpha value is -2.65. The molecule has 0 heterocycles. The summed E-state index contributed by atoms with van der Waals surface area (Å²) in [6.07, 6.45) is 2.14. The second-order valence-electron chi connectivity index (χ2n) is 6.94. The van der Waals surface area contributed by atoms with E-state index < -0.39 is 23.2 Å². The van der Waals surface area contributed by atoms with Crippen molar-refractivity contribution >= 4 is 29.5 Å². The molecule has 0 saturated heterocycles. The first-order chi connectivity index (χ1) is 14.8. The lowest BCUT2D eigenvalue weighted by atomic mass is 10.2. The predicted octanol–water partition coefficient (Wildman–Crippen LogP) is 4.63. The summed E-state index contributed by atoms with van der Waals surface area (Å²) < 4.78 is 30.4. The molecule has 0 aliphatic carbocycles. The van der Waals surface area contributed by atoms with E-state index in [2.05, 4.69) is 28.8 Å². The van der Waals surface area contributed by atoms with Crippen LogP contribution in [0.5, 0.6) is 0 Å². The molecule has 6 nitrogen and oxygen atoms in total. The molecule has 0 aliphatic rings. The highest BCUT2D eigenvalue weighted by Crippen LogP contribution is 2.26. The highest BCUT2D eigenvalue weighted by molar-refractivity contribution is 8.00. The summed E-state index contributed by atoms with van der Waals surface area (Å²) in [5.41, 5.74) is -0.390. The molecule has 0 aliphatic heterocycles. The third-order valence-corrected chi connectivity index (χ3v) is 5.31. The molecule has 0 spiro atoms. The largest absolute Gasteiger partial charge is 0.478 e. The quantitative estimate of drug-likeness (QED) is 0.408. The van der Waals surface area contributed by atoms with Gasteiger partial charge in [0.1, 0.15) is 11.6 Å². The molecule has 31 heavy (non-hydrogen) atoms. The number of amides is 1. The molecule has 0 saturated carbocycles. The van der Waals surface area contributed by atoms with Crippen LogP contribution in [0.15, 0.2) is 41.3 Å². The molecule has 2 aromatic rings. The minimum atomic E-state index is -1.53. The fourth-order valence-corrected chi connectivity index (χ4v) is 3.63. The number of halogens is 2. The lowest BCUT2D eigenvalue weighted by Gasteiger charge is -2.20. The second kappa shape index (κ2) is 12.3. The van der Waals surface area contributed by atoms with Gasteiger partial charge in [0.25, 0.3) is 5.91 Å². The van der Waals surface area contributed by atoms with Crippen LogP contribution in [0.3, 0.4) is 0 Å². The summed E-state index contributed by atoms with van der Waals surface area (Å²) in [7, 11) is 0. The first kappa shape index (κ1) is 24.6. The van der Waals surface area contributed by atoms with E-state index in [1.165, 1.54) is 0 Å². The number of nitrogens with one attached hydrogen (secondary N) is 2. The van der Waals surface area contributed by atoms with Crippen molar-refractivity contribution in [1.29, 1.82) is 0 Å². The standard InChI is InChI=1S/C22H27F2N3O3S/c1-3-10-27(11-4-2)12-9-25-21(28)15-5-7-16(8-6-15)31-26-20-14-18(23)17(22(29)30)13-19(20)24/h5-8,13-14,26H,3-4,9-12H2,1-2H3,(H,25,28)(H,29,30). The predicted molar refractivity (Wildman–Crippen MR) is 119 cm³/mol. The highest BCUT2D eigenvalue weighted by Gasteiger charge is 2.15. The minimum absolute atomic E-state index is 0.168. The Morgan fingerprint density at radius 3 is 2.23 bits per heavy atom. The Bertz CT molecular complexity index is 888. The van der Waals surface area contributed by atoms with Crippen molar-refractivity contribution in [1.82, 2.24) is 10.2 Å². The van der Waals surface area contributed by atoms with Crippen molar-refractivity contribution in [2.45, 2.75) is 31.6 Å². The lowest BCUT2D eigenvalue weighted by molar-refractivity contribution is 0.0691. The van der Waals surface area contributed by atoms with Gasteiger partial charge in [-0.15, -0.1) is 0 Å². The van der Waals surface area contributed by atoms with Crippen molar-refractivity contribution < 1.29 is 23.5 Å². The van der Waals surface area contributed by atoms with Gasteiger partial charge in [-0.1, -0.05) is 13.8 Å². The number of rotatable bonds is 12. The van der Waals surface area contributed by atoms with Crippen LogP contribution < -0.4 is 10.0 Å². The number of nitrogens with zero attached hydrogens (tertiary/aromatic N) is 1. The second-order valence-corrected chi connectivity index (χ2v) is 7.82. The van der Waals surface area contributed by atoms with Crippen LogP contribution in [0.2, 0.25) is 0 Å². The third kappa shape index (κ3) is 7.52. The molecule has 0 aromatic heterocycles. The number of aromatic carboxylic acids is 1. The summed E-state index contributed by atoms with van der Waals surface area (Å²) in [5.74, 6) is -3.61. The third-order valence-electron chi connectivity index (χ3n) is 4.48. The van der Waals surface area contributed by atoms with Crippen LogP contribution in [0.4, 0.5) is 14.5 Å². The van der Waals surface area contributed by atoms with Gasteiger partial charge in [-0.05, 0) is 68.2 Å². The molecule has 0 fully saturated rings. The summed E-state index contributed by atoms with van der Waals surface area (Å²) in [6.45, 7) is 7.64. The number of carbonyl (C=O) groups is 2. The molecular weight excluding hydrogens is 424 g/mol. The van der Waals surface area contributed by atoms with Crippen LogP contribution in [0, 0.1) is 11.6 Å². The van der Waals surface area contributed by atoms with E-state index in [0.717, 1.165) is 50.5 Å². The molecule has 0 atom stereocenters. The summed E-state index contributed by atoms with van der Waals surface area (Å²) in [6, 6.07) is 8.11. The first-order valence-corrected chi connectivity index (χ1v) is 10.9. The number of hydrogen-bond donors (Lipinski definition) is 3. The molecule has 9 heteroatoms. The Labute approximate surface area is 185 Å². The lowest BCUT2D eigenvalue weighted by Crippen LogP contribution is -2.35. The maximum absolute atomic E-state index is 14.0. The number of carboxylic acids is 1. The van der Waals surface area contributed by atoms with Gasteiger partial charge >= 0.3 is 5.97 Å².